The number of aromatic nitrogens is 3. The van der Waals surface area contributed by atoms with Gasteiger partial charge in [0.1, 0.15) is 6.04 Å². The van der Waals surface area contributed by atoms with E-state index in [0.29, 0.717) is 10.0 Å². The number of halogens is 2. The molecule has 0 radical (unpaired) electrons. The summed E-state index contributed by atoms with van der Waals surface area (Å²) < 4.78 is 4.23. The van der Waals surface area contributed by atoms with E-state index < -0.39 is 0 Å². The molecule has 2 aromatic carbocycles. The molecule has 2 aromatic heterocycles. The Kier molecular flexibility index (Phi) is 5.65. The highest BCUT2D eigenvalue weighted by Crippen LogP contribution is 2.36. The molecular weight excluding hydrogens is 389 g/mol. The molecule has 0 N–H and O–H groups in total. The average Bonchev–Trinajstić information content (AvgIpc) is 3.38. The van der Waals surface area contributed by atoms with Crippen LogP contribution in [0.15, 0.2) is 91.7 Å². The van der Waals surface area contributed by atoms with Crippen LogP contribution >= 0.6 is 23.2 Å². The molecule has 140 valence electrons. The van der Waals surface area contributed by atoms with Crippen molar-refractivity contribution in [2.24, 2.45) is 0 Å². The van der Waals surface area contributed by atoms with E-state index in [1.54, 1.807) is 12.5 Å². The lowest BCUT2D eigenvalue weighted by Gasteiger charge is -2.23. The summed E-state index contributed by atoms with van der Waals surface area (Å²) in [5.74, 6) is 0. The molecule has 28 heavy (non-hydrogen) atoms. The molecule has 0 fully saturated rings. The van der Waals surface area contributed by atoms with Crippen molar-refractivity contribution in [2.75, 3.05) is 0 Å². The highest BCUT2D eigenvalue weighted by atomic mass is 35.5. The van der Waals surface area contributed by atoms with Gasteiger partial charge in [-0.3, -0.25) is 0 Å². The zero-order chi connectivity index (χ0) is 19.3. The van der Waals surface area contributed by atoms with Gasteiger partial charge in [0.15, 0.2) is 0 Å². The van der Waals surface area contributed by atoms with Gasteiger partial charge in [0.2, 0.25) is 0 Å². The van der Waals surface area contributed by atoms with Gasteiger partial charge in [-0.1, -0.05) is 71.8 Å². The lowest BCUT2D eigenvalue weighted by Crippen LogP contribution is -2.16. The summed E-state index contributed by atoms with van der Waals surface area (Å²) in [5, 5.41) is 1.28. The fourth-order valence-corrected chi connectivity index (χ4v) is 3.96. The molecule has 3 nitrogen and oxygen atoms in total. The summed E-state index contributed by atoms with van der Waals surface area (Å²) in [4.78, 5) is 4.22. The van der Waals surface area contributed by atoms with E-state index >= 15 is 0 Å². The van der Waals surface area contributed by atoms with Gasteiger partial charge in [-0.05, 0) is 29.8 Å². The van der Waals surface area contributed by atoms with Gasteiger partial charge in [-0.15, -0.1) is 0 Å². The van der Waals surface area contributed by atoms with Crippen molar-refractivity contribution in [2.45, 2.75) is 12.6 Å². The number of rotatable bonds is 6. The quantitative estimate of drug-likeness (QED) is 0.365. The fourth-order valence-electron chi connectivity index (χ4n) is 3.35. The lowest BCUT2D eigenvalue weighted by molar-refractivity contribution is 0.614. The van der Waals surface area contributed by atoms with Crippen LogP contribution in [-0.4, -0.2) is 14.1 Å². The van der Waals surface area contributed by atoms with Crippen LogP contribution in [0.4, 0.5) is 0 Å². The maximum absolute atomic E-state index is 6.55. The topological polar surface area (TPSA) is 22.8 Å². The van der Waals surface area contributed by atoms with Crippen molar-refractivity contribution in [1.82, 2.24) is 14.1 Å². The third-order valence-corrected chi connectivity index (χ3v) is 5.31. The Balaban J connectivity index is 1.71. The third-order valence-electron chi connectivity index (χ3n) is 4.65. The molecule has 0 amide bonds. The minimum atomic E-state index is -0.163. The standard InChI is InChI=1S/C23H19Cl2N3/c24-19-10-4-11-20(25)22(19)23(28-16-13-26-17-28)21-12-6-15-27(21)14-5-9-18-7-2-1-3-8-18/h1-13,15-17,23H,14H2/b9-5+. The summed E-state index contributed by atoms with van der Waals surface area (Å²) in [6.45, 7) is 0.741. The molecule has 2 heterocycles. The number of imidazole rings is 1. The molecule has 0 bridgehead atoms. The molecule has 1 unspecified atom stereocenters. The van der Waals surface area contributed by atoms with E-state index in [0.717, 1.165) is 17.8 Å². The van der Waals surface area contributed by atoms with E-state index in [2.05, 4.69) is 46.1 Å². The van der Waals surface area contributed by atoms with Gasteiger partial charge in [0.25, 0.3) is 0 Å². The Morgan fingerprint density at radius 1 is 0.893 bits per heavy atom. The average molecular weight is 408 g/mol. The Labute approximate surface area is 174 Å². The number of hydrogen-bond donors (Lipinski definition) is 0. The van der Waals surface area contributed by atoms with Crippen molar-refractivity contribution in [3.05, 3.63) is 119 Å². The first kappa shape index (κ1) is 18.6. The summed E-state index contributed by atoms with van der Waals surface area (Å²) in [7, 11) is 0. The zero-order valence-corrected chi connectivity index (χ0v) is 16.6. The number of allylic oxidation sites excluding steroid dienone is 1. The van der Waals surface area contributed by atoms with Crippen LogP contribution in [0.2, 0.25) is 10.0 Å². The Morgan fingerprint density at radius 2 is 1.68 bits per heavy atom. The second kappa shape index (κ2) is 8.51. The molecule has 0 saturated heterocycles. The molecule has 0 aliphatic heterocycles. The normalized spacial score (nSPS) is 12.5. The van der Waals surface area contributed by atoms with E-state index in [1.807, 2.05) is 53.2 Å². The van der Waals surface area contributed by atoms with Crippen molar-refractivity contribution >= 4 is 29.3 Å². The summed E-state index contributed by atoms with van der Waals surface area (Å²) in [6.07, 6.45) is 11.8. The summed E-state index contributed by atoms with van der Waals surface area (Å²) in [6, 6.07) is 19.8. The van der Waals surface area contributed by atoms with Crippen LogP contribution in [0.1, 0.15) is 22.9 Å². The van der Waals surface area contributed by atoms with E-state index in [1.165, 1.54) is 5.56 Å². The SMILES string of the molecule is Clc1cccc(Cl)c1C(c1cccn1C/C=C/c1ccccc1)n1ccnc1. The van der Waals surface area contributed by atoms with Gasteiger partial charge < -0.3 is 9.13 Å². The first-order chi connectivity index (χ1) is 13.7. The van der Waals surface area contributed by atoms with Crippen LogP contribution in [0, 0.1) is 0 Å². The highest BCUT2D eigenvalue weighted by molar-refractivity contribution is 6.36. The Morgan fingerprint density at radius 3 is 2.39 bits per heavy atom. The van der Waals surface area contributed by atoms with Gasteiger partial charge in [0, 0.05) is 46.4 Å². The molecule has 4 aromatic rings. The van der Waals surface area contributed by atoms with Crippen molar-refractivity contribution < 1.29 is 0 Å². The smallest absolute Gasteiger partial charge is 0.103 e. The van der Waals surface area contributed by atoms with Gasteiger partial charge in [-0.2, -0.15) is 0 Å². The lowest BCUT2D eigenvalue weighted by atomic mass is 10.0. The molecule has 1 atom stereocenters. The van der Waals surface area contributed by atoms with Gasteiger partial charge in [-0.25, -0.2) is 4.98 Å². The van der Waals surface area contributed by atoms with E-state index in [9.17, 15) is 0 Å². The Hall–Kier alpha value is -2.75. The number of hydrogen-bond acceptors (Lipinski definition) is 1. The second-order valence-electron chi connectivity index (χ2n) is 6.45. The fraction of sp³-hybridized carbons (Fsp3) is 0.0870. The number of nitrogens with zero attached hydrogens (tertiary/aromatic N) is 3. The predicted octanol–water partition coefficient (Wildman–Crippen LogP) is 6.34. The maximum Gasteiger partial charge on any atom is 0.103 e. The molecule has 0 saturated carbocycles. The minimum absolute atomic E-state index is 0.163. The van der Waals surface area contributed by atoms with Crippen molar-refractivity contribution in [3.63, 3.8) is 0 Å². The van der Waals surface area contributed by atoms with Crippen molar-refractivity contribution in [3.8, 4) is 0 Å². The van der Waals surface area contributed by atoms with Gasteiger partial charge in [0.05, 0.1) is 6.33 Å². The monoisotopic (exact) mass is 407 g/mol. The van der Waals surface area contributed by atoms with Crippen LogP contribution in [0.3, 0.4) is 0 Å². The Bertz CT molecular complexity index is 1050. The molecule has 0 aliphatic rings. The largest absolute Gasteiger partial charge is 0.345 e. The first-order valence-corrected chi connectivity index (χ1v) is 9.77. The highest BCUT2D eigenvalue weighted by Gasteiger charge is 2.24. The molecule has 0 spiro atoms. The maximum atomic E-state index is 6.55. The molecular formula is C23H19Cl2N3. The zero-order valence-electron chi connectivity index (χ0n) is 15.1. The van der Waals surface area contributed by atoms with Crippen LogP contribution < -0.4 is 0 Å². The predicted molar refractivity (Wildman–Crippen MR) is 116 cm³/mol. The van der Waals surface area contributed by atoms with Crippen LogP contribution in [0.25, 0.3) is 6.08 Å². The molecule has 0 aliphatic carbocycles. The minimum Gasteiger partial charge on any atom is -0.345 e. The third kappa shape index (κ3) is 3.91. The van der Waals surface area contributed by atoms with Crippen LogP contribution in [-0.2, 0) is 6.54 Å². The van der Waals surface area contributed by atoms with E-state index in [-0.39, 0.29) is 6.04 Å². The van der Waals surface area contributed by atoms with E-state index in [4.69, 9.17) is 23.2 Å². The van der Waals surface area contributed by atoms with Crippen LogP contribution in [0.5, 0.6) is 0 Å². The summed E-state index contributed by atoms with van der Waals surface area (Å²) >= 11 is 13.1. The number of benzene rings is 2. The second-order valence-corrected chi connectivity index (χ2v) is 7.26. The summed E-state index contributed by atoms with van der Waals surface area (Å²) in [5.41, 5.74) is 3.14. The van der Waals surface area contributed by atoms with Gasteiger partial charge >= 0.3 is 0 Å². The molecule has 4 rings (SSSR count). The molecule has 5 heteroatoms. The first-order valence-electron chi connectivity index (χ1n) is 9.02. The van der Waals surface area contributed by atoms with Crippen molar-refractivity contribution in [1.29, 1.82) is 0 Å².